The molecule has 0 saturated heterocycles. The average Bonchev–Trinajstić information content (AvgIpc) is 1.54. The van der Waals surface area contributed by atoms with Gasteiger partial charge in [-0.2, -0.15) is 0 Å². The number of nitrogens with two attached hydrogens (primary N) is 1. The van der Waals surface area contributed by atoms with Crippen LogP contribution in [0.2, 0.25) is 0 Å². The van der Waals surface area contributed by atoms with Crippen LogP contribution in [0, 0.1) is 0 Å². The van der Waals surface area contributed by atoms with Crippen molar-refractivity contribution in [2.45, 2.75) is 18.2 Å². The summed E-state index contributed by atoms with van der Waals surface area (Å²) in [4.78, 5) is 10.3. The molecule has 0 spiro atoms. The summed E-state index contributed by atoms with van der Waals surface area (Å²) in [5, 5.41) is 6.82. The van der Waals surface area contributed by atoms with Crippen molar-refractivity contribution in [3.63, 3.8) is 0 Å². The zero-order valence-corrected chi connectivity index (χ0v) is 7.39. The van der Waals surface area contributed by atoms with Crippen LogP contribution < -0.4 is 5.73 Å². The van der Waals surface area contributed by atoms with Gasteiger partial charge in [0.25, 0.3) is 0 Å². The van der Waals surface area contributed by atoms with Crippen molar-refractivity contribution in [2.24, 2.45) is 5.73 Å². The Balaban J connectivity index is 4.79. The van der Waals surface area contributed by atoms with Crippen molar-refractivity contribution in [1.29, 1.82) is 0 Å². The molecule has 0 radical (unpaired) electrons. The molecule has 0 aromatic heterocycles. The van der Waals surface area contributed by atoms with Crippen molar-refractivity contribution in [3.8, 4) is 0 Å². The lowest BCUT2D eigenvalue weighted by Crippen LogP contribution is -2.43. The van der Waals surface area contributed by atoms with E-state index in [4.69, 9.17) is 15.4 Å². The Bertz CT molecular complexity index is 245. The number of hydrogen-bond donors (Lipinski definition) is 3. The van der Waals surface area contributed by atoms with Gasteiger partial charge in [-0.3, -0.25) is 4.79 Å². The van der Waals surface area contributed by atoms with Crippen LogP contribution in [0.4, 0.5) is 0 Å². The van der Waals surface area contributed by atoms with Crippen molar-refractivity contribution < 1.29 is 18.7 Å². The highest BCUT2D eigenvalue weighted by Crippen LogP contribution is 2.03. The van der Waals surface area contributed by atoms with Gasteiger partial charge >= 0.3 is 5.97 Å². The first-order valence-electron chi connectivity index (χ1n) is 2.71. The topological polar surface area (TPSA) is 101 Å². The van der Waals surface area contributed by atoms with Crippen molar-refractivity contribution >= 4 is 25.9 Å². The van der Waals surface area contributed by atoms with Gasteiger partial charge in [0.15, 0.2) is 14.0 Å². The van der Waals surface area contributed by atoms with Gasteiger partial charge in [-0.1, -0.05) is 0 Å². The fourth-order valence-electron chi connectivity index (χ4n) is 0.624. The molecule has 0 saturated carbocycles. The first kappa shape index (κ1) is 10.8. The smallest absolute Gasteiger partial charge is 0.323 e. The van der Waals surface area contributed by atoms with E-state index in [2.05, 4.69) is 11.2 Å². The second-order valence-corrected chi connectivity index (χ2v) is 5.10. The monoisotopic (exact) mass is 199 g/mol. The molecule has 3 atom stereocenters. The molecular weight excluding hydrogens is 190 g/mol. The number of hydrogen-bond acceptors (Lipinski definition) is 4. The fourth-order valence-corrected chi connectivity index (χ4v) is 2.19. The van der Waals surface area contributed by atoms with Crippen molar-refractivity contribution in [2.75, 3.05) is 0 Å². The predicted octanol–water partition coefficient (Wildman–Crippen LogP) is -0.994. The van der Waals surface area contributed by atoms with Gasteiger partial charge in [-0.25, -0.2) is 4.21 Å². The molecule has 0 aromatic carbocycles. The molecular formula is C4H9NO4S2. The maximum Gasteiger partial charge on any atom is 0.323 e. The summed E-state index contributed by atoms with van der Waals surface area (Å²) in [5.41, 5.74) is 5.14. The highest BCUT2D eigenvalue weighted by atomic mass is 32.8. The highest BCUT2D eigenvalue weighted by Gasteiger charge is 2.31. The van der Waals surface area contributed by atoms with Gasteiger partial charge in [0.2, 0.25) is 0 Å². The van der Waals surface area contributed by atoms with Crippen LogP contribution in [0.3, 0.4) is 0 Å². The summed E-state index contributed by atoms with van der Waals surface area (Å²) < 4.78 is 19.4. The Kier molecular flexibility index (Phi) is 3.36. The summed E-state index contributed by atoms with van der Waals surface area (Å²) in [6.07, 6.45) is 0. The number of rotatable bonds is 3. The molecule has 0 heterocycles. The van der Waals surface area contributed by atoms with E-state index < -0.39 is 26.0 Å². The van der Waals surface area contributed by atoms with Crippen LogP contribution in [0.25, 0.3) is 0 Å². The third-order valence-corrected chi connectivity index (χ3v) is 2.94. The molecule has 3 unspecified atom stereocenters. The molecule has 0 rings (SSSR count). The zero-order valence-electron chi connectivity index (χ0n) is 5.76. The SMILES string of the molecule is CC(N)C(C(=O)O)S(=O)(O)=S. The average molecular weight is 199 g/mol. The zero-order chi connectivity index (χ0) is 9.23. The van der Waals surface area contributed by atoms with E-state index in [0.717, 1.165) is 0 Å². The Labute approximate surface area is 69.1 Å². The van der Waals surface area contributed by atoms with Gasteiger partial charge < -0.3 is 15.4 Å². The van der Waals surface area contributed by atoms with Gasteiger partial charge in [0.05, 0.1) is 0 Å². The van der Waals surface area contributed by atoms with Crippen molar-refractivity contribution in [3.05, 3.63) is 0 Å². The number of aliphatic carboxylic acids is 1. The Morgan fingerprint density at radius 3 is 2.09 bits per heavy atom. The molecule has 11 heavy (non-hydrogen) atoms. The summed E-state index contributed by atoms with van der Waals surface area (Å²) in [7, 11) is -3.75. The molecule has 4 N–H and O–H groups in total. The lowest BCUT2D eigenvalue weighted by atomic mass is 10.2. The first-order valence-corrected chi connectivity index (χ1v) is 5.22. The third-order valence-electron chi connectivity index (χ3n) is 1.04. The minimum Gasteiger partial charge on any atom is -0.480 e. The van der Waals surface area contributed by atoms with Crippen LogP contribution in [0.1, 0.15) is 6.92 Å². The van der Waals surface area contributed by atoms with E-state index >= 15 is 0 Å². The van der Waals surface area contributed by atoms with E-state index in [9.17, 15) is 9.00 Å². The predicted molar refractivity (Wildman–Crippen MR) is 43.2 cm³/mol. The third kappa shape index (κ3) is 3.10. The van der Waals surface area contributed by atoms with E-state index in [1.807, 2.05) is 0 Å². The van der Waals surface area contributed by atoms with E-state index in [1.165, 1.54) is 6.92 Å². The molecule has 0 aliphatic heterocycles. The Hall–Kier alpha value is -0.240. The molecule has 66 valence electrons. The second-order valence-electron chi connectivity index (χ2n) is 2.13. The summed E-state index contributed by atoms with van der Waals surface area (Å²) in [6.45, 7) is 1.32. The van der Waals surface area contributed by atoms with Crippen LogP contribution in [-0.4, -0.2) is 31.1 Å². The Morgan fingerprint density at radius 1 is 1.73 bits per heavy atom. The summed E-state index contributed by atoms with van der Waals surface area (Å²) >= 11 is 4.08. The first-order chi connectivity index (χ1) is 4.76. The van der Waals surface area contributed by atoms with E-state index in [1.54, 1.807) is 0 Å². The maximum atomic E-state index is 10.7. The molecule has 7 heteroatoms. The largest absolute Gasteiger partial charge is 0.480 e. The van der Waals surface area contributed by atoms with Gasteiger partial charge in [-0.05, 0) is 6.92 Å². The number of carbonyl (C=O) groups is 1. The van der Waals surface area contributed by atoms with Crippen molar-refractivity contribution in [1.82, 2.24) is 0 Å². The molecule has 0 bridgehead atoms. The molecule has 0 aliphatic carbocycles. The minimum absolute atomic E-state index is 0.928. The second kappa shape index (κ2) is 3.44. The number of carboxylic acid groups (broad SMARTS) is 1. The lowest BCUT2D eigenvalue weighted by Gasteiger charge is -2.13. The molecule has 0 aromatic rings. The maximum absolute atomic E-state index is 10.7. The number of carboxylic acids is 1. The molecule has 0 aliphatic rings. The summed E-state index contributed by atoms with van der Waals surface area (Å²) in [5.74, 6) is -1.44. The van der Waals surface area contributed by atoms with E-state index in [-0.39, 0.29) is 0 Å². The van der Waals surface area contributed by atoms with Crippen LogP contribution >= 0.6 is 0 Å². The molecule has 5 nitrogen and oxygen atoms in total. The van der Waals surface area contributed by atoms with Crippen LogP contribution in [0.15, 0.2) is 0 Å². The van der Waals surface area contributed by atoms with E-state index in [0.29, 0.717) is 0 Å². The fraction of sp³-hybridized carbons (Fsp3) is 0.750. The minimum atomic E-state index is -3.75. The van der Waals surface area contributed by atoms with Gasteiger partial charge in [0.1, 0.15) is 0 Å². The van der Waals surface area contributed by atoms with Gasteiger partial charge in [-0.15, -0.1) is 0 Å². The molecule has 0 fully saturated rings. The van der Waals surface area contributed by atoms with Gasteiger partial charge in [0, 0.05) is 17.2 Å². The van der Waals surface area contributed by atoms with Crippen LogP contribution in [-0.2, 0) is 24.8 Å². The van der Waals surface area contributed by atoms with Crippen LogP contribution in [0.5, 0.6) is 0 Å². The molecule has 0 amide bonds. The normalized spacial score (nSPS) is 21.7. The quantitative estimate of drug-likeness (QED) is 0.539. The Morgan fingerprint density at radius 2 is 2.09 bits per heavy atom. The highest BCUT2D eigenvalue weighted by molar-refractivity contribution is 8.30. The standard InChI is InChI=1S/C4H9NO4S2/c1-2(5)3(4(6)7)11(8,9)10/h2-3H,5H2,1H3,(H,6,7)(H,8,9,10). The lowest BCUT2D eigenvalue weighted by molar-refractivity contribution is -0.136. The summed E-state index contributed by atoms with van der Waals surface area (Å²) in [6, 6.07) is -0.928.